The highest BCUT2D eigenvalue weighted by Crippen LogP contribution is 2.41. The van der Waals surface area contributed by atoms with Crippen molar-refractivity contribution in [2.45, 2.75) is 72.1 Å². The van der Waals surface area contributed by atoms with Crippen LogP contribution in [0.1, 0.15) is 77.0 Å². The molecule has 0 spiro atoms. The minimum atomic E-state index is -4.34. The summed E-state index contributed by atoms with van der Waals surface area (Å²) in [6, 6.07) is 2.44. The van der Waals surface area contributed by atoms with E-state index >= 15 is 0 Å². The minimum absolute atomic E-state index is 0.0397. The topological polar surface area (TPSA) is 9.23 Å². The van der Waals surface area contributed by atoms with Crippen LogP contribution in [0.3, 0.4) is 0 Å². The summed E-state index contributed by atoms with van der Waals surface area (Å²) in [6.07, 6.45) is -4.34. The molecule has 0 bridgehead atoms. The van der Waals surface area contributed by atoms with Crippen LogP contribution in [0.25, 0.3) is 0 Å². The molecule has 0 aromatic heterocycles. The molecule has 120 valence electrons. The Labute approximate surface area is 125 Å². The van der Waals surface area contributed by atoms with Gasteiger partial charge in [0.15, 0.2) is 0 Å². The Morgan fingerprint density at radius 1 is 0.857 bits per heavy atom. The number of ether oxygens (including phenoxy) is 1. The van der Waals surface area contributed by atoms with E-state index in [0.29, 0.717) is 16.9 Å². The third-order valence-corrected chi connectivity index (χ3v) is 3.13. The zero-order valence-electron chi connectivity index (χ0n) is 13.9. The van der Waals surface area contributed by atoms with Crippen molar-refractivity contribution in [3.8, 4) is 5.75 Å². The molecule has 0 atom stereocenters. The molecule has 0 unspecified atom stereocenters. The second-order valence-corrected chi connectivity index (χ2v) is 7.01. The number of hydrogen-bond acceptors (Lipinski definition) is 1. The Bertz CT molecular complexity index is 465. The molecule has 0 aliphatic carbocycles. The van der Waals surface area contributed by atoms with Gasteiger partial charge in [-0.3, -0.25) is 0 Å². The molecular formula is C17H25F3O. The van der Waals surface area contributed by atoms with Crippen LogP contribution < -0.4 is 4.74 Å². The summed E-state index contributed by atoms with van der Waals surface area (Å²) in [7, 11) is 0. The maximum absolute atomic E-state index is 13.1. The summed E-state index contributed by atoms with van der Waals surface area (Å²) in [5.74, 6) is 0.518. The molecule has 0 radical (unpaired) electrons. The standard InChI is InChI=1S/C17H25F3O/c1-10(2)13-8-12(17(18,19)20)9-14(11(3)4)15(13)21-16(5,6)7/h8-11H,1-7H3. The monoisotopic (exact) mass is 302 g/mol. The third kappa shape index (κ3) is 4.65. The largest absolute Gasteiger partial charge is 0.488 e. The van der Waals surface area contributed by atoms with E-state index < -0.39 is 17.3 Å². The second kappa shape index (κ2) is 5.90. The van der Waals surface area contributed by atoms with Crippen LogP contribution in [0.2, 0.25) is 0 Å². The third-order valence-electron chi connectivity index (χ3n) is 3.13. The average molecular weight is 302 g/mol. The minimum Gasteiger partial charge on any atom is -0.488 e. The SMILES string of the molecule is CC(C)c1cc(C(F)(F)F)cc(C(C)C)c1OC(C)(C)C. The first-order chi connectivity index (χ1) is 9.33. The van der Waals surface area contributed by atoms with Gasteiger partial charge in [-0.1, -0.05) is 27.7 Å². The van der Waals surface area contributed by atoms with Crippen LogP contribution in [-0.4, -0.2) is 5.60 Å². The first-order valence-electron chi connectivity index (χ1n) is 7.27. The molecule has 1 aromatic carbocycles. The molecule has 0 saturated heterocycles. The second-order valence-electron chi connectivity index (χ2n) is 7.01. The summed E-state index contributed by atoms with van der Waals surface area (Å²) in [4.78, 5) is 0. The first-order valence-corrected chi connectivity index (χ1v) is 7.27. The predicted octanol–water partition coefficient (Wildman–Crippen LogP) is 6.13. The molecule has 0 amide bonds. The van der Waals surface area contributed by atoms with E-state index in [9.17, 15) is 13.2 Å². The van der Waals surface area contributed by atoms with Crippen molar-refractivity contribution in [1.29, 1.82) is 0 Å². The van der Waals surface area contributed by atoms with Gasteiger partial charge in [0.25, 0.3) is 0 Å². The van der Waals surface area contributed by atoms with Crippen molar-refractivity contribution < 1.29 is 17.9 Å². The van der Waals surface area contributed by atoms with Gasteiger partial charge < -0.3 is 4.74 Å². The predicted molar refractivity (Wildman–Crippen MR) is 80.0 cm³/mol. The molecule has 0 saturated carbocycles. The van der Waals surface area contributed by atoms with E-state index in [-0.39, 0.29) is 11.8 Å². The van der Waals surface area contributed by atoms with E-state index in [2.05, 4.69) is 0 Å². The highest BCUT2D eigenvalue weighted by Gasteiger charge is 2.33. The maximum Gasteiger partial charge on any atom is 0.416 e. The van der Waals surface area contributed by atoms with Crippen molar-refractivity contribution in [2.75, 3.05) is 0 Å². The highest BCUT2D eigenvalue weighted by atomic mass is 19.4. The van der Waals surface area contributed by atoms with Gasteiger partial charge in [0.2, 0.25) is 0 Å². The summed E-state index contributed by atoms with van der Waals surface area (Å²) >= 11 is 0. The first kappa shape index (κ1) is 17.9. The Morgan fingerprint density at radius 2 is 1.24 bits per heavy atom. The van der Waals surface area contributed by atoms with E-state index in [4.69, 9.17) is 4.74 Å². The molecule has 1 aromatic rings. The summed E-state index contributed by atoms with van der Waals surface area (Å²) in [6.45, 7) is 13.2. The van der Waals surface area contributed by atoms with Crippen molar-refractivity contribution in [3.05, 3.63) is 28.8 Å². The Kier molecular flexibility index (Phi) is 5.01. The fourth-order valence-electron chi connectivity index (χ4n) is 2.12. The number of halogens is 3. The molecule has 0 aliphatic heterocycles. The quantitative estimate of drug-likeness (QED) is 0.652. The lowest BCUT2D eigenvalue weighted by atomic mass is 9.91. The number of hydrogen-bond donors (Lipinski definition) is 0. The smallest absolute Gasteiger partial charge is 0.416 e. The highest BCUT2D eigenvalue weighted by molar-refractivity contribution is 5.49. The lowest BCUT2D eigenvalue weighted by molar-refractivity contribution is -0.137. The average Bonchev–Trinajstić information content (AvgIpc) is 2.24. The van der Waals surface area contributed by atoms with Crippen LogP contribution in [0, 0.1) is 0 Å². The van der Waals surface area contributed by atoms with Crippen LogP contribution in [0.15, 0.2) is 12.1 Å². The van der Waals surface area contributed by atoms with E-state index in [0.717, 1.165) is 0 Å². The van der Waals surface area contributed by atoms with Crippen LogP contribution in [-0.2, 0) is 6.18 Å². The van der Waals surface area contributed by atoms with Gasteiger partial charge in [0.1, 0.15) is 11.4 Å². The van der Waals surface area contributed by atoms with E-state index in [1.54, 1.807) is 0 Å². The lowest BCUT2D eigenvalue weighted by Gasteiger charge is -2.28. The summed E-state index contributed by atoms with van der Waals surface area (Å²) in [5, 5.41) is 0. The van der Waals surface area contributed by atoms with E-state index in [1.807, 2.05) is 48.5 Å². The molecule has 1 rings (SSSR count). The summed E-state index contributed by atoms with van der Waals surface area (Å²) < 4.78 is 45.3. The molecule has 0 N–H and O–H groups in total. The van der Waals surface area contributed by atoms with Gasteiger partial charge in [-0.05, 0) is 55.9 Å². The molecule has 21 heavy (non-hydrogen) atoms. The Balaban J connectivity index is 3.59. The molecule has 0 heterocycles. The van der Waals surface area contributed by atoms with Crippen molar-refractivity contribution in [1.82, 2.24) is 0 Å². The normalized spacial score (nSPS) is 13.1. The Morgan fingerprint density at radius 3 is 1.48 bits per heavy atom. The summed E-state index contributed by atoms with van der Waals surface area (Å²) in [5.41, 5.74) is 0.176. The van der Waals surface area contributed by atoms with Gasteiger partial charge in [0, 0.05) is 0 Å². The van der Waals surface area contributed by atoms with Crippen molar-refractivity contribution >= 4 is 0 Å². The molecular weight excluding hydrogens is 277 g/mol. The zero-order valence-corrected chi connectivity index (χ0v) is 13.9. The van der Waals surface area contributed by atoms with Crippen LogP contribution >= 0.6 is 0 Å². The van der Waals surface area contributed by atoms with Gasteiger partial charge in [-0.15, -0.1) is 0 Å². The van der Waals surface area contributed by atoms with Gasteiger partial charge in [0.05, 0.1) is 5.56 Å². The van der Waals surface area contributed by atoms with Gasteiger partial charge in [-0.25, -0.2) is 0 Å². The van der Waals surface area contributed by atoms with Gasteiger partial charge >= 0.3 is 6.18 Å². The van der Waals surface area contributed by atoms with E-state index in [1.165, 1.54) is 12.1 Å². The molecule has 1 nitrogen and oxygen atoms in total. The van der Waals surface area contributed by atoms with Gasteiger partial charge in [-0.2, -0.15) is 13.2 Å². The van der Waals surface area contributed by atoms with Crippen LogP contribution in [0.4, 0.5) is 13.2 Å². The maximum atomic E-state index is 13.1. The number of benzene rings is 1. The Hall–Kier alpha value is -1.19. The lowest BCUT2D eigenvalue weighted by Crippen LogP contribution is -2.25. The molecule has 0 fully saturated rings. The number of alkyl halides is 3. The fraction of sp³-hybridized carbons (Fsp3) is 0.647. The molecule has 0 aliphatic rings. The zero-order chi connectivity index (χ0) is 16.6. The van der Waals surface area contributed by atoms with Crippen molar-refractivity contribution in [3.63, 3.8) is 0 Å². The number of rotatable bonds is 3. The van der Waals surface area contributed by atoms with Crippen molar-refractivity contribution in [2.24, 2.45) is 0 Å². The fourth-order valence-corrected chi connectivity index (χ4v) is 2.12. The van der Waals surface area contributed by atoms with Crippen LogP contribution in [0.5, 0.6) is 5.75 Å². The molecule has 4 heteroatoms.